The van der Waals surface area contributed by atoms with Crippen LogP contribution in [0.15, 0.2) is 48.7 Å². The molecular formula is C24H26N8. The van der Waals surface area contributed by atoms with Crippen LogP contribution in [0.1, 0.15) is 24.5 Å². The van der Waals surface area contributed by atoms with E-state index in [0.29, 0.717) is 11.7 Å². The number of nitrogens with one attached hydrogen (secondary N) is 2. The summed E-state index contributed by atoms with van der Waals surface area (Å²) in [4.78, 5) is 19.0. The molecule has 0 atom stereocenters. The Morgan fingerprint density at radius 2 is 1.84 bits per heavy atom. The molecule has 4 aromatic rings. The smallest absolute Gasteiger partial charge is 0.163 e. The second kappa shape index (κ2) is 7.87. The number of piperazine rings is 1. The highest BCUT2D eigenvalue weighted by molar-refractivity contribution is 5.92. The van der Waals surface area contributed by atoms with Gasteiger partial charge in [-0.15, -0.1) is 0 Å². The molecule has 1 aliphatic heterocycles. The fraction of sp³-hybridized carbons (Fsp3) is 0.333. The molecule has 1 saturated heterocycles. The van der Waals surface area contributed by atoms with Crippen molar-refractivity contribution in [3.05, 3.63) is 54.4 Å². The molecule has 3 aromatic heterocycles. The molecule has 0 spiro atoms. The number of aromatic nitrogens is 5. The molecule has 32 heavy (non-hydrogen) atoms. The van der Waals surface area contributed by atoms with Crippen molar-refractivity contribution in [2.24, 2.45) is 0 Å². The Balaban J connectivity index is 1.31. The minimum atomic E-state index is 0.626. The molecule has 8 heteroatoms. The van der Waals surface area contributed by atoms with E-state index in [2.05, 4.69) is 50.6 Å². The van der Waals surface area contributed by atoms with E-state index in [0.717, 1.165) is 60.1 Å². The number of hydrogen-bond donors (Lipinski definition) is 2. The second-order valence-electron chi connectivity index (χ2n) is 8.72. The average Bonchev–Trinajstić information content (AvgIpc) is 3.58. The van der Waals surface area contributed by atoms with Crippen LogP contribution in [0.4, 0.5) is 17.5 Å². The van der Waals surface area contributed by atoms with Crippen molar-refractivity contribution < 1.29 is 0 Å². The lowest BCUT2D eigenvalue weighted by Crippen LogP contribution is -2.44. The summed E-state index contributed by atoms with van der Waals surface area (Å²) in [5.41, 5.74) is 2.98. The number of benzene rings is 1. The largest absolute Gasteiger partial charge is 0.354 e. The van der Waals surface area contributed by atoms with E-state index in [1.54, 1.807) is 0 Å². The predicted octanol–water partition coefficient (Wildman–Crippen LogP) is 3.79. The number of hydrogen-bond acceptors (Lipinski definition) is 7. The Kier molecular flexibility index (Phi) is 4.72. The van der Waals surface area contributed by atoms with Crippen LogP contribution >= 0.6 is 0 Å². The summed E-state index contributed by atoms with van der Waals surface area (Å²) in [7, 11) is 2.16. The van der Waals surface area contributed by atoms with Crippen LogP contribution < -0.4 is 10.2 Å². The fourth-order valence-corrected chi connectivity index (χ4v) is 4.17. The molecule has 1 aromatic carbocycles. The zero-order chi connectivity index (χ0) is 21.5. The molecule has 4 heterocycles. The van der Waals surface area contributed by atoms with E-state index < -0.39 is 0 Å². The molecule has 1 aliphatic carbocycles. The van der Waals surface area contributed by atoms with Gasteiger partial charge in [0.05, 0.1) is 5.52 Å². The third-order valence-corrected chi connectivity index (χ3v) is 6.30. The SMILES string of the molecule is CN1CCN(c2ccc(-c3nc(Nc4cc(C5CC5)[nH]n4)c4ccccc4n3)cn2)CC1. The first-order chi connectivity index (χ1) is 15.7. The summed E-state index contributed by atoms with van der Waals surface area (Å²) in [5.74, 6) is 3.82. The molecule has 162 valence electrons. The summed E-state index contributed by atoms with van der Waals surface area (Å²) in [6.07, 6.45) is 4.35. The summed E-state index contributed by atoms with van der Waals surface area (Å²) < 4.78 is 0. The highest BCUT2D eigenvalue weighted by Crippen LogP contribution is 2.40. The zero-order valence-electron chi connectivity index (χ0n) is 18.1. The Bertz CT molecular complexity index is 1240. The molecule has 0 amide bonds. The number of likely N-dealkylation sites (N-methyl/N-ethyl adjacent to an activating group) is 1. The first-order valence-corrected chi connectivity index (χ1v) is 11.2. The van der Waals surface area contributed by atoms with Crippen molar-refractivity contribution in [2.75, 3.05) is 43.4 Å². The maximum Gasteiger partial charge on any atom is 0.163 e. The number of H-pyrrole nitrogens is 1. The summed E-state index contributed by atoms with van der Waals surface area (Å²) in [6, 6.07) is 14.3. The third-order valence-electron chi connectivity index (χ3n) is 6.30. The van der Waals surface area contributed by atoms with Crippen LogP contribution in [0, 0.1) is 0 Å². The topological polar surface area (TPSA) is 85.9 Å². The number of anilines is 3. The Morgan fingerprint density at radius 3 is 2.62 bits per heavy atom. The van der Waals surface area contributed by atoms with Gasteiger partial charge < -0.3 is 15.1 Å². The average molecular weight is 427 g/mol. The number of para-hydroxylation sites is 1. The van der Waals surface area contributed by atoms with Crippen molar-refractivity contribution >= 4 is 28.4 Å². The van der Waals surface area contributed by atoms with Crippen molar-refractivity contribution in [1.82, 2.24) is 30.0 Å². The first kappa shape index (κ1) is 19.2. The van der Waals surface area contributed by atoms with Crippen LogP contribution in [-0.2, 0) is 0 Å². The van der Waals surface area contributed by atoms with Crippen molar-refractivity contribution in [2.45, 2.75) is 18.8 Å². The second-order valence-corrected chi connectivity index (χ2v) is 8.72. The lowest BCUT2D eigenvalue weighted by molar-refractivity contribution is 0.312. The molecule has 0 unspecified atom stereocenters. The van der Waals surface area contributed by atoms with Gasteiger partial charge in [0.25, 0.3) is 0 Å². The van der Waals surface area contributed by atoms with E-state index in [-0.39, 0.29) is 0 Å². The quantitative estimate of drug-likeness (QED) is 0.502. The maximum atomic E-state index is 4.85. The molecule has 2 N–H and O–H groups in total. The highest BCUT2D eigenvalue weighted by atomic mass is 15.3. The van der Waals surface area contributed by atoms with Gasteiger partial charge in [0.2, 0.25) is 0 Å². The van der Waals surface area contributed by atoms with Crippen LogP contribution in [0.3, 0.4) is 0 Å². The minimum Gasteiger partial charge on any atom is -0.354 e. The van der Waals surface area contributed by atoms with Crippen LogP contribution in [0.2, 0.25) is 0 Å². The van der Waals surface area contributed by atoms with Gasteiger partial charge in [-0.2, -0.15) is 5.10 Å². The van der Waals surface area contributed by atoms with Crippen LogP contribution in [0.5, 0.6) is 0 Å². The van der Waals surface area contributed by atoms with E-state index in [1.165, 1.54) is 18.5 Å². The van der Waals surface area contributed by atoms with Gasteiger partial charge in [-0.1, -0.05) is 12.1 Å². The molecule has 8 nitrogen and oxygen atoms in total. The van der Waals surface area contributed by atoms with Crippen LogP contribution in [0.25, 0.3) is 22.3 Å². The van der Waals surface area contributed by atoms with Gasteiger partial charge in [0.15, 0.2) is 11.6 Å². The van der Waals surface area contributed by atoms with E-state index in [4.69, 9.17) is 15.0 Å². The number of aromatic amines is 1. The molecule has 1 saturated carbocycles. The molecule has 6 rings (SSSR count). The van der Waals surface area contributed by atoms with Gasteiger partial charge in [0, 0.05) is 61.0 Å². The lowest BCUT2D eigenvalue weighted by Gasteiger charge is -2.33. The molecule has 0 radical (unpaired) electrons. The third kappa shape index (κ3) is 3.78. The number of fused-ring (bicyclic) bond motifs is 1. The summed E-state index contributed by atoms with van der Waals surface area (Å²) >= 11 is 0. The molecular weight excluding hydrogens is 400 g/mol. The normalized spacial score (nSPS) is 17.1. The Hall–Kier alpha value is -3.52. The van der Waals surface area contributed by atoms with E-state index in [9.17, 15) is 0 Å². The lowest BCUT2D eigenvalue weighted by atomic mass is 10.2. The number of rotatable bonds is 5. The van der Waals surface area contributed by atoms with Gasteiger partial charge in [-0.25, -0.2) is 15.0 Å². The van der Waals surface area contributed by atoms with E-state index >= 15 is 0 Å². The summed E-state index contributed by atoms with van der Waals surface area (Å²) in [5, 5.41) is 11.9. The van der Waals surface area contributed by atoms with E-state index in [1.807, 2.05) is 30.5 Å². The molecule has 2 aliphatic rings. The van der Waals surface area contributed by atoms with Crippen LogP contribution in [-0.4, -0.2) is 63.3 Å². The van der Waals surface area contributed by atoms with Gasteiger partial charge >= 0.3 is 0 Å². The fourth-order valence-electron chi connectivity index (χ4n) is 4.17. The highest BCUT2D eigenvalue weighted by Gasteiger charge is 2.25. The van der Waals surface area contributed by atoms with Gasteiger partial charge in [-0.3, -0.25) is 5.10 Å². The molecule has 2 fully saturated rings. The van der Waals surface area contributed by atoms with Gasteiger partial charge in [0.1, 0.15) is 11.6 Å². The summed E-state index contributed by atoms with van der Waals surface area (Å²) in [6.45, 7) is 4.11. The van der Waals surface area contributed by atoms with Crippen molar-refractivity contribution in [3.8, 4) is 11.4 Å². The van der Waals surface area contributed by atoms with Crippen molar-refractivity contribution in [3.63, 3.8) is 0 Å². The Morgan fingerprint density at radius 1 is 1.00 bits per heavy atom. The maximum absolute atomic E-state index is 4.85. The van der Waals surface area contributed by atoms with Crippen molar-refractivity contribution in [1.29, 1.82) is 0 Å². The number of pyridine rings is 1. The zero-order valence-corrected chi connectivity index (χ0v) is 18.1. The first-order valence-electron chi connectivity index (χ1n) is 11.2. The molecule has 0 bridgehead atoms. The minimum absolute atomic E-state index is 0.626. The predicted molar refractivity (Wildman–Crippen MR) is 126 cm³/mol. The standard InChI is InChI=1S/C24H26N8/c1-31-10-12-32(13-11-31)22-9-8-17(15-25-22)23-26-19-5-3-2-4-18(19)24(28-23)27-21-14-20(29-30-21)16-6-7-16/h2-5,8-9,14-16H,6-7,10-13H2,1H3,(H2,26,27,28,29,30). The Labute approximate surface area is 186 Å². The number of nitrogens with zero attached hydrogens (tertiary/aromatic N) is 6. The monoisotopic (exact) mass is 426 g/mol. The van der Waals surface area contributed by atoms with Gasteiger partial charge in [-0.05, 0) is 44.2 Å².